The maximum Gasteiger partial charge on any atom is 0.416 e. The van der Waals surface area contributed by atoms with Crippen LogP contribution < -0.4 is 9.47 Å². The highest BCUT2D eigenvalue weighted by atomic mass is 19.4. The molecule has 0 aromatic heterocycles. The largest absolute Gasteiger partial charge is 0.454 e. The number of halogens is 6. The van der Waals surface area contributed by atoms with Crippen molar-refractivity contribution in [1.82, 2.24) is 9.80 Å². The van der Waals surface area contributed by atoms with Crippen LogP contribution in [0.4, 0.5) is 26.3 Å². The van der Waals surface area contributed by atoms with Gasteiger partial charge in [0.25, 0.3) is 0 Å². The van der Waals surface area contributed by atoms with Gasteiger partial charge < -0.3 is 9.47 Å². The van der Waals surface area contributed by atoms with Crippen molar-refractivity contribution in [2.75, 3.05) is 33.0 Å². The summed E-state index contributed by atoms with van der Waals surface area (Å²) in [6.45, 7) is 3.84. The van der Waals surface area contributed by atoms with Gasteiger partial charge in [0.2, 0.25) is 6.79 Å². The molecule has 10 heteroatoms. The van der Waals surface area contributed by atoms with E-state index in [0.717, 1.165) is 54.4 Å². The third-order valence-corrected chi connectivity index (χ3v) is 7.01. The van der Waals surface area contributed by atoms with Crippen molar-refractivity contribution in [3.05, 3.63) is 101 Å². The predicted octanol–water partition coefficient (Wildman–Crippen LogP) is 6.76. The van der Waals surface area contributed by atoms with Gasteiger partial charge in [0, 0.05) is 38.8 Å². The molecule has 5 rings (SSSR count). The molecule has 1 fully saturated rings. The fourth-order valence-electron chi connectivity index (χ4n) is 5.03. The van der Waals surface area contributed by atoms with Crippen LogP contribution in [0.1, 0.15) is 33.9 Å². The van der Waals surface area contributed by atoms with Crippen molar-refractivity contribution < 1.29 is 35.8 Å². The highest BCUT2D eigenvalue weighted by Crippen LogP contribution is 2.37. The van der Waals surface area contributed by atoms with Gasteiger partial charge in [-0.2, -0.15) is 26.3 Å². The van der Waals surface area contributed by atoms with E-state index in [9.17, 15) is 26.3 Å². The zero-order valence-corrected chi connectivity index (χ0v) is 20.9. The van der Waals surface area contributed by atoms with Gasteiger partial charge in [0.1, 0.15) is 0 Å². The van der Waals surface area contributed by atoms with Crippen molar-refractivity contribution in [3.63, 3.8) is 0 Å². The molecule has 0 saturated carbocycles. The van der Waals surface area contributed by atoms with E-state index in [2.05, 4.69) is 9.80 Å². The number of piperazine rings is 1. The van der Waals surface area contributed by atoms with Crippen LogP contribution in [-0.2, 0) is 25.3 Å². The van der Waals surface area contributed by atoms with E-state index in [0.29, 0.717) is 13.1 Å². The van der Waals surface area contributed by atoms with Crippen molar-refractivity contribution in [1.29, 1.82) is 0 Å². The molecule has 3 aromatic carbocycles. The Bertz CT molecular complexity index is 1240. The monoisotopic (exact) mass is 549 g/mol. The SMILES string of the molecule is FC(F)(F)c1cc(C[CH]C(c2ccccc2)N2CCN(Cc3ccc4c(c3)OCO4)CC2)cc(C(F)(F)F)c1. The molecular weight excluding hydrogens is 522 g/mol. The molecule has 4 nitrogen and oxygen atoms in total. The fourth-order valence-corrected chi connectivity index (χ4v) is 5.03. The Morgan fingerprint density at radius 2 is 1.36 bits per heavy atom. The maximum absolute atomic E-state index is 13.3. The lowest BCUT2D eigenvalue weighted by Gasteiger charge is -2.39. The second-order valence-corrected chi connectivity index (χ2v) is 9.71. The number of alkyl halides is 6. The average Bonchev–Trinajstić information content (AvgIpc) is 3.37. The van der Waals surface area contributed by atoms with Crippen LogP contribution in [0.5, 0.6) is 11.5 Å². The third-order valence-electron chi connectivity index (χ3n) is 7.01. The van der Waals surface area contributed by atoms with Crippen LogP contribution in [0.25, 0.3) is 0 Å². The fraction of sp³-hybridized carbons (Fsp3) is 0.345. The molecule has 0 bridgehead atoms. The first kappa shape index (κ1) is 27.3. The van der Waals surface area contributed by atoms with Crippen LogP contribution in [0.3, 0.4) is 0 Å². The van der Waals surface area contributed by atoms with Gasteiger partial charge in [-0.15, -0.1) is 0 Å². The van der Waals surface area contributed by atoms with Gasteiger partial charge in [0.05, 0.1) is 11.1 Å². The molecular formula is C29H27F6N2O2. The van der Waals surface area contributed by atoms with Crippen molar-refractivity contribution in [3.8, 4) is 11.5 Å². The second-order valence-electron chi connectivity index (χ2n) is 9.71. The normalized spacial score (nSPS) is 17.4. The summed E-state index contributed by atoms with van der Waals surface area (Å²) in [5, 5.41) is 0. The number of benzene rings is 3. The Labute approximate surface area is 222 Å². The average molecular weight is 550 g/mol. The van der Waals surface area contributed by atoms with E-state index in [-0.39, 0.29) is 30.9 Å². The van der Waals surface area contributed by atoms with Crippen LogP contribution >= 0.6 is 0 Å². The Morgan fingerprint density at radius 1 is 0.718 bits per heavy atom. The molecule has 0 amide bonds. The highest BCUT2D eigenvalue weighted by molar-refractivity contribution is 5.44. The van der Waals surface area contributed by atoms with Crippen molar-refractivity contribution in [2.45, 2.75) is 31.4 Å². The smallest absolute Gasteiger partial charge is 0.416 e. The number of rotatable bonds is 7. The number of hydrogen-bond donors (Lipinski definition) is 0. The molecule has 39 heavy (non-hydrogen) atoms. The number of hydrogen-bond acceptors (Lipinski definition) is 4. The van der Waals surface area contributed by atoms with Crippen LogP contribution in [0.2, 0.25) is 0 Å². The zero-order valence-electron chi connectivity index (χ0n) is 20.9. The van der Waals surface area contributed by atoms with Gasteiger partial charge in [-0.25, -0.2) is 0 Å². The molecule has 207 valence electrons. The molecule has 0 spiro atoms. The molecule has 2 heterocycles. The van der Waals surface area contributed by atoms with Gasteiger partial charge in [0.15, 0.2) is 11.5 Å². The predicted molar refractivity (Wildman–Crippen MR) is 133 cm³/mol. The molecule has 0 N–H and O–H groups in total. The van der Waals surface area contributed by atoms with Crippen LogP contribution in [0, 0.1) is 6.42 Å². The first-order valence-corrected chi connectivity index (χ1v) is 12.6. The summed E-state index contributed by atoms with van der Waals surface area (Å²) in [4.78, 5) is 4.52. The standard InChI is InChI=1S/C29H27F6N2O2/c30-28(31,32)23-14-20(15-24(17-23)29(33,34)35)6-8-25(22-4-2-1-3-5-22)37-12-10-36(11-13-37)18-21-7-9-26-27(16-21)39-19-38-26/h1-5,7-9,14-17,25H,6,10-13,18-19H2. The molecule has 0 aliphatic carbocycles. The summed E-state index contributed by atoms with van der Waals surface area (Å²) < 4.78 is 90.9. The Kier molecular flexibility index (Phi) is 7.77. The lowest BCUT2D eigenvalue weighted by Crippen LogP contribution is -2.47. The summed E-state index contributed by atoms with van der Waals surface area (Å²) in [7, 11) is 0. The molecule has 2 aliphatic rings. The lowest BCUT2D eigenvalue weighted by molar-refractivity contribution is -0.143. The maximum atomic E-state index is 13.3. The number of nitrogens with zero attached hydrogens (tertiary/aromatic N) is 2. The number of ether oxygens (including phenoxy) is 2. The van der Waals surface area contributed by atoms with E-state index >= 15 is 0 Å². The Morgan fingerprint density at radius 3 is 2.00 bits per heavy atom. The van der Waals surface area contributed by atoms with Gasteiger partial charge in [-0.05, 0) is 59.9 Å². The van der Waals surface area contributed by atoms with Crippen molar-refractivity contribution >= 4 is 0 Å². The van der Waals surface area contributed by atoms with E-state index in [1.165, 1.54) is 0 Å². The topological polar surface area (TPSA) is 24.9 Å². The summed E-state index contributed by atoms with van der Waals surface area (Å²) in [5.74, 6) is 1.46. The van der Waals surface area contributed by atoms with E-state index in [1.54, 1.807) is 6.42 Å². The summed E-state index contributed by atoms with van der Waals surface area (Å²) in [5.41, 5.74) is -0.587. The number of fused-ring (bicyclic) bond motifs is 1. The summed E-state index contributed by atoms with van der Waals surface area (Å²) >= 11 is 0. The Hall–Kier alpha value is -3.24. The summed E-state index contributed by atoms with van der Waals surface area (Å²) in [6, 6.07) is 16.8. The molecule has 1 radical (unpaired) electrons. The summed E-state index contributed by atoms with van der Waals surface area (Å²) in [6.07, 6.45) is -7.98. The lowest BCUT2D eigenvalue weighted by atomic mass is 9.95. The second kappa shape index (κ2) is 11.1. The van der Waals surface area contributed by atoms with E-state index in [4.69, 9.17) is 9.47 Å². The Balaban J connectivity index is 1.28. The third kappa shape index (κ3) is 6.67. The molecule has 3 aromatic rings. The molecule has 1 atom stereocenters. The minimum atomic E-state index is -4.87. The minimum Gasteiger partial charge on any atom is -0.454 e. The van der Waals surface area contributed by atoms with Crippen molar-refractivity contribution in [2.24, 2.45) is 0 Å². The van der Waals surface area contributed by atoms with Gasteiger partial charge in [-0.1, -0.05) is 36.4 Å². The first-order chi connectivity index (χ1) is 18.6. The zero-order chi connectivity index (χ0) is 27.6. The van der Waals surface area contributed by atoms with E-state index in [1.807, 2.05) is 48.5 Å². The first-order valence-electron chi connectivity index (χ1n) is 12.6. The highest BCUT2D eigenvalue weighted by Gasteiger charge is 2.37. The molecule has 1 unspecified atom stereocenters. The minimum absolute atomic E-state index is 0.0282. The van der Waals surface area contributed by atoms with Crippen LogP contribution in [0.15, 0.2) is 66.7 Å². The quantitative estimate of drug-likeness (QED) is 0.304. The van der Waals surface area contributed by atoms with E-state index < -0.39 is 23.5 Å². The van der Waals surface area contributed by atoms with Crippen LogP contribution in [-0.4, -0.2) is 42.8 Å². The molecule has 1 saturated heterocycles. The molecule has 2 aliphatic heterocycles. The van der Waals surface area contributed by atoms with Gasteiger partial charge >= 0.3 is 12.4 Å². The van der Waals surface area contributed by atoms with Gasteiger partial charge in [-0.3, -0.25) is 9.80 Å².